The average Bonchev–Trinajstić information content (AvgIpc) is 2.77. The van der Waals surface area contributed by atoms with E-state index < -0.39 is 0 Å². The third-order valence-electron chi connectivity index (χ3n) is 4.10. The first-order chi connectivity index (χ1) is 14.1. The van der Waals surface area contributed by atoms with Gasteiger partial charge in [-0.2, -0.15) is 0 Å². The van der Waals surface area contributed by atoms with Crippen molar-refractivity contribution in [1.29, 1.82) is 0 Å². The van der Waals surface area contributed by atoms with Crippen LogP contribution in [0.25, 0.3) is 0 Å². The van der Waals surface area contributed by atoms with E-state index in [0.717, 1.165) is 11.3 Å². The van der Waals surface area contributed by atoms with E-state index in [-0.39, 0.29) is 18.4 Å². The first-order valence-corrected chi connectivity index (χ1v) is 9.15. The lowest BCUT2D eigenvalue weighted by Gasteiger charge is -2.10. The summed E-state index contributed by atoms with van der Waals surface area (Å²) in [4.78, 5) is 23.6. The fraction of sp³-hybridized carbons (Fsp3) is 0.130. The first kappa shape index (κ1) is 19.9. The van der Waals surface area contributed by atoms with Crippen molar-refractivity contribution in [2.24, 2.45) is 0 Å². The summed E-state index contributed by atoms with van der Waals surface area (Å²) in [7, 11) is 1.57. The molecule has 3 aromatic carbocycles. The molecule has 0 spiro atoms. The van der Waals surface area contributed by atoms with Crippen LogP contribution >= 0.6 is 0 Å². The summed E-state index contributed by atoms with van der Waals surface area (Å²) in [5, 5.41) is 5.27. The van der Waals surface area contributed by atoms with Gasteiger partial charge in [-0.15, -0.1) is 0 Å². The molecule has 0 aromatic heterocycles. The van der Waals surface area contributed by atoms with E-state index in [1.54, 1.807) is 55.6 Å². The van der Waals surface area contributed by atoms with Crippen LogP contribution in [0.3, 0.4) is 0 Å². The quantitative estimate of drug-likeness (QED) is 0.616. The highest BCUT2D eigenvalue weighted by atomic mass is 16.5. The predicted molar refractivity (Wildman–Crippen MR) is 111 cm³/mol. The van der Waals surface area contributed by atoms with Gasteiger partial charge in [0.05, 0.1) is 0 Å². The topological polar surface area (TPSA) is 76.7 Å². The zero-order valence-corrected chi connectivity index (χ0v) is 16.1. The number of hydrogen-bond acceptors (Lipinski definition) is 4. The van der Waals surface area contributed by atoms with Crippen molar-refractivity contribution in [3.05, 3.63) is 90.0 Å². The van der Waals surface area contributed by atoms with Crippen molar-refractivity contribution < 1.29 is 19.1 Å². The van der Waals surface area contributed by atoms with Gasteiger partial charge in [-0.3, -0.25) is 9.59 Å². The van der Waals surface area contributed by atoms with Crippen molar-refractivity contribution in [1.82, 2.24) is 5.32 Å². The van der Waals surface area contributed by atoms with E-state index in [9.17, 15) is 9.59 Å². The second-order valence-electron chi connectivity index (χ2n) is 6.24. The van der Waals surface area contributed by atoms with Crippen LogP contribution in [0.5, 0.6) is 11.5 Å². The molecule has 0 saturated carbocycles. The molecule has 3 aromatic rings. The maximum Gasteiger partial charge on any atom is 0.262 e. The van der Waals surface area contributed by atoms with E-state index >= 15 is 0 Å². The minimum absolute atomic E-state index is 0.124. The van der Waals surface area contributed by atoms with Gasteiger partial charge < -0.3 is 20.1 Å². The molecule has 0 unspecified atom stereocenters. The number of nitrogens with one attached hydrogen (secondary N) is 2. The number of rotatable bonds is 8. The van der Waals surface area contributed by atoms with Gasteiger partial charge in [0.2, 0.25) is 0 Å². The molecule has 6 heteroatoms. The molecule has 0 bridgehead atoms. The molecule has 29 heavy (non-hydrogen) atoms. The van der Waals surface area contributed by atoms with Gasteiger partial charge >= 0.3 is 0 Å². The van der Waals surface area contributed by atoms with E-state index in [2.05, 4.69) is 10.6 Å². The first-order valence-electron chi connectivity index (χ1n) is 9.15. The summed E-state index contributed by atoms with van der Waals surface area (Å²) in [5.74, 6) is 0.827. The molecule has 0 fully saturated rings. The highest BCUT2D eigenvalue weighted by Gasteiger charge is 2.06. The van der Waals surface area contributed by atoms with E-state index in [1.807, 2.05) is 30.3 Å². The molecule has 0 radical (unpaired) electrons. The highest BCUT2D eigenvalue weighted by molar-refractivity contribution is 5.95. The molecular formula is C23H22N2O4. The summed E-state index contributed by atoms with van der Waals surface area (Å²) in [6.45, 7) is 0.365. The second kappa shape index (κ2) is 9.94. The Hall–Kier alpha value is -3.80. The maximum atomic E-state index is 12.0. The van der Waals surface area contributed by atoms with Gasteiger partial charge in [-0.25, -0.2) is 0 Å². The Kier molecular flexibility index (Phi) is 6.84. The molecule has 148 valence electrons. The van der Waals surface area contributed by atoms with Gasteiger partial charge in [0.15, 0.2) is 6.61 Å². The van der Waals surface area contributed by atoms with Crippen molar-refractivity contribution in [3.8, 4) is 11.5 Å². The van der Waals surface area contributed by atoms with Crippen molar-refractivity contribution in [3.63, 3.8) is 0 Å². The molecule has 0 heterocycles. The molecule has 2 amide bonds. The molecule has 2 N–H and O–H groups in total. The number of amides is 2. The SMILES string of the molecule is CNC(=O)c1ccc(NC(=O)COc2ccc(OCc3ccccc3)cc2)cc1. The lowest BCUT2D eigenvalue weighted by Crippen LogP contribution is -2.20. The van der Waals surface area contributed by atoms with Crippen LogP contribution in [0.4, 0.5) is 5.69 Å². The van der Waals surface area contributed by atoms with Crippen LogP contribution in [0.1, 0.15) is 15.9 Å². The van der Waals surface area contributed by atoms with Gasteiger partial charge in [-0.1, -0.05) is 30.3 Å². The minimum Gasteiger partial charge on any atom is -0.489 e. The largest absolute Gasteiger partial charge is 0.489 e. The fourth-order valence-corrected chi connectivity index (χ4v) is 2.57. The fourth-order valence-electron chi connectivity index (χ4n) is 2.57. The summed E-state index contributed by atoms with van der Waals surface area (Å²) in [6, 6.07) is 23.6. The average molecular weight is 390 g/mol. The van der Waals surface area contributed by atoms with Crippen LogP contribution in [0.2, 0.25) is 0 Å². The lowest BCUT2D eigenvalue weighted by molar-refractivity contribution is -0.118. The number of carbonyl (C=O) groups excluding carboxylic acids is 2. The van der Waals surface area contributed by atoms with Crippen LogP contribution in [0, 0.1) is 0 Å². The molecule has 0 atom stereocenters. The Balaban J connectivity index is 1.44. The zero-order chi connectivity index (χ0) is 20.5. The van der Waals surface area contributed by atoms with E-state index in [1.165, 1.54) is 0 Å². The van der Waals surface area contributed by atoms with Gasteiger partial charge in [0.25, 0.3) is 11.8 Å². The number of benzene rings is 3. The molecule has 0 aliphatic heterocycles. The summed E-state index contributed by atoms with van der Waals surface area (Å²) >= 11 is 0. The summed E-state index contributed by atoms with van der Waals surface area (Å²) < 4.78 is 11.2. The molecule has 0 saturated heterocycles. The number of hydrogen-bond donors (Lipinski definition) is 2. The molecule has 0 aliphatic carbocycles. The number of anilines is 1. The Morgan fingerprint density at radius 1 is 0.793 bits per heavy atom. The lowest BCUT2D eigenvalue weighted by atomic mass is 10.2. The van der Waals surface area contributed by atoms with Crippen LogP contribution < -0.4 is 20.1 Å². The Bertz CT molecular complexity index is 939. The second-order valence-corrected chi connectivity index (χ2v) is 6.24. The predicted octanol–water partition coefficient (Wildman–Crippen LogP) is 3.64. The summed E-state index contributed by atoms with van der Waals surface area (Å²) in [6.07, 6.45) is 0. The third-order valence-corrected chi connectivity index (χ3v) is 4.10. The van der Waals surface area contributed by atoms with Gasteiger partial charge in [0.1, 0.15) is 18.1 Å². The van der Waals surface area contributed by atoms with Gasteiger partial charge in [0, 0.05) is 18.3 Å². The van der Waals surface area contributed by atoms with E-state index in [0.29, 0.717) is 23.6 Å². The maximum absolute atomic E-state index is 12.0. The van der Waals surface area contributed by atoms with Crippen molar-refractivity contribution in [2.75, 3.05) is 19.0 Å². The molecule has 3 rings (SSSR count). The molecule has 0 aliphatic rings. The Labute approximate surface area is 169 Å². The molecule has 6 nitrogen and oxygen atoms in total. The van der Waals surface area contributed by atoms with Crippen LogP contribution in [-0.4, -0.2) is 25.5 Å². The normalized spacial score (nSPS) is 10.1. The molecular weight excluding hydrogens is 368 g/mol. The van der Waals surface area contributed by atoms with Gasteiger partial charge in [-0.05, 0) is 54.1 Å². The van der Waals surface area contributed by atoms with Crippen molar-refractivity contribution in [2.45, 2.75) is 6.61 Å². The van der Waals surface area contributed by atoms with E-state index in [4.69, 9.17) is 9.47 Å². The minimum atomic E-state index is -0.290. The van der Waals surface area contributed by atoms with Crippen molar-refractivity contribution >= 4 is 17.5 Å². The Morgan fingerprint density at radius 2 is 1.41 bits per heavy atom. The monoisotopic (exact) mass is 390 g/mol. The smallest absolute Gasteiger partial charge is 0.262 e. The van der Waals surface area contributed by atoms with Crippen LogP contribution in [-0.2, 0) is 11.4 Å². The standard InChI is InChI=1S/C23H22N2O4/c1-24-23(27)18-7-9-19(10-8-18)25-22(26)16-29-21-13-11-20(12-14-21)28-15-17-5-3-2-4-6-17/h2-14H,15-16H2,1H3,(H,24,27)(H,25,26). The Morgan fingerprint density at radius 3 is 2.03 bits per heavy atom. The third kappa shape index (κ3) is 6.10. The van der Waals surface area contributed by atoms with Crippen LogP contribution in [0.15, 0.2) is 78.9 Å². The summed E-state index contributed by atoms with van der Waals surface area (Å²) in [5.41, 5.74) is 2.21. The zero-order valence-electron chi connectivity index (χ0n) is 16.1. The number of carbonyl (C=O) groups is 2. The highest BCUT2D eigenvalue weighted by Crippen LogP contribution is 2.19. The number of ether oxygens (including phenoxy) is 2.